The van der Waals surface area contributed by atoms with Crippen molar-refractivity contribution in [3.05, 3.63) is 59.9 Å². The summed E-state index contributed by atoms with van der Waals surface area (Å²) < 4.78 is 5.29. The first kappa shape index (κ1) is 18.5. The third-order valence-electron chi connectivity index (χ3n) is 5.47. The van der Waals surface area contributed by atoms with Gasteiger partial charge in [-0.05, 0) is 61.8 Å². The Morgan fingerprint density at radius 1 is 1.18 bits per heavy atom. The number of aromatic amines is 1. The molecular weight excluding hydrogens is 352 g/mol. The zero-order valence-corrected chi connectivity index (χ0v) is 16.1. The topological polar surface area (TPSA) is 70.2 Å². The number of fused-ring (bicyclic) bond motifs is 1. The number of piperidine rings is 1. The van der Waals surface area contributed by atoms with E-state index < -0.39 is 0 Å². The largest absolute Gasteiger partial charge is 0.497 e. The number of carbonyl (C=O) groups excluding carboxylic acids is 1. The lowest BCUT2D eigenvalue weighted by molar-refractivity contribution is 0.0924. The van der Waals surface area contributed by atoms with E-state index in [1.165, 1.54) is 24.8 Å². The SMILES string of the molecule is COc1ccc([C@H](CNC(=O)c2ccc3nc[nH]c3c2)N2CCCCC2)cc1. The lowest BCUT2D eigenvalue weighted by Gasteiger charge is -2.35. The van der Waals surface area contributed by atoms with Gasteiger partial charge in [-0.25, -0.2) is 4.98 Å². The molecule has 0 radical (unpaired) electrons. The van der Waals surface area contributed by atoms with E-state index in [2.05, 4.69) is 32.3 Å². The number of hydrogen-bond acceptors (Lipinski definition) is 4. The van der Waals surface area contributed by atoms with E-state index in [-0.39, 0.29) is 11.9 Å². The van der Waals surface area contributed by atoms with E-state index in [1.54, 1.807) is 13.4 Å². The number of aromatic nitrogens is 2. The number of nitrogens with one attached hydrogen (secondary N) is 2. The zero-order chi connectivity index (χ0) is 19.3. The molecule has 1 aliphatic heterocycles. The van der Waals surface area contributed by atoms with Crippen molar-refractivity contribution in [1.82, 2.24) is 20.2 Å². The highest BCUT2D eigenvalue weighted by atomic mass is 16.5. The van der Waals surface area contributed by atoms with Gasteiger partial charge in [0.05, 0.1) is 30.5 Å². The van der Waals surface area contributed by atoms with Crippen molar-refractivity contribution in [2.75, 3.05) is 26.7 Å². The van der Waals surface area contributed by atoms with Gasteiger partial charge in [0.15, 0.2) is 0 Å². The minimum Gasteiger partial charge on any atom is -0.497 e. The lowest BCUT2D eigenvalue weighted by atomic mass is 10.0. The van der Waals surface area contributed by atoms with Crippen molar-refractivity contribution in [3.63, 3.8) is 0 Å². The van der Waals surface area contributed by atoms with Crippen molar-refractivity contribution in [3.8, 4) is 5.75 Å². The van der Waals surface area contributed by atoms with Gasteiger partial charge < -0.3 is 15.0 Å². The molecule has 2 heterocycles. The van der Waals surface area contributed by atoms with Crippen LogP contribution in [0.2, 0.25) is 0 Å². The Labute approximate surface area is 164 Å². The monoisotopic (exact) mass is 378 g/mol. The molecule has 0 aliphatic carbocycles. The first-order chi connectivity index (χ1) is 13.7. The van der Waals surface area contributed by atoms with Crippen molar-refractivity contribution in [2.24, 2.45) is 0 Å². The van der Waals surface area contributed by atoms with Crippen LogP contribution in [0.3, 0.4) is 0 Å². The maximum Gasteiger partial charge on any atom is 0.251 e. The summed E-state index contributed by atoms with van der Waals surface area (Å²) in [5.74, 6) is 0.782. The van der Waals surface area contributed by atoms with E-state index in [0.29, 0.717) is 12.1 Å². The molecule has 1 fully saturated rings. The Morgan fingerprint density at radius 3 is 2.71 bits per heavy atom. The van der Waals surface area contributed by atoms with E-state index in [0.717, 1.165) is 29.9 Å². The maximum atomic E-state index is 12.7. The molecule has 0 saturated carbocycles. The molecular formula is C22H26N4O2. The Kier molecular flexibility index (Phi) is 5.58. The van der Waals surface area contributed by atoms with E-state index in [1.807, 2.05) is 30.3 Å². The van der Waals surface area contributed by atoms with E-state index in [4.69, 9.17) is 4.74 Å². The second kappa shape index (κ2) is 8.44. The number of nitrogens with zero attached hydrogens (tertiary/aromatic N) is 2. The third-order valence-corrected chi connectivity index (χ3v) is 5.47. The summed E-state index contributed by atoms with van der Waals surface area (Å²) in [6.07, 6.45) is 5.33. The highest BCUT2D eigenvalue weighted by Crippen LogP contribution is 2.26. The normalized spacial score (nSPS) is 16.0. The zero-order valence-electron chi connectivity index (χ0n) is 16.1. The molecule has 146 valence electrons. The van der Waals surface area contributed by atoms with Gasteiger partial charge in [0.2, 0.25) is 0 Å². The van der Waals surface area contributed by atoms with E-state index in [9.17, 15) is 4.79 Å². The van der Waals surface area contributed by atoms with Crippen molar-refractivity contribution in [1.29, 1.82) is 0 Å². The summed E-state index contributed by atoms with van der Waals surface area (Å²) in [4.78, 5) is 22.5. The molecule has 2 aromatic carbocycles. The summed E-state index contributed by atoms with van der Waals surface area (Å²) in [7, 11) is 1.67. The summed E-state index contributed by atoms with van der Waals surface area (Å²) in [6, 6.07) is 13.9. The molecule has 1 atom stereocenters. The first-order valence-corrected chi connectivity index (χ1v) is 9.84. The van der Waals surface area contributed by atoms with Gasteiger partial charge in [0.25, 0.3) is 5.91 Å². The van der Waals surface area contributed by atoms with Gasteiger partial charge in [-0.15, -0.1) is 0 Å². The molecule has 6 nitrogen and oxygen atoms in total. The number of imidazole rings is 1. The third kappa shape index (κ3) is 4.02. The molecule has 0 spiro atoms. The van der Waals surface area contributed by atoms with E-state index >= 15 is 0 Å². The van der Waals surface area contributed by atoms with Crippen molar-refractivity contribution in [2.45, 2.75) is 25.3 Å². The first-order valence-electron chi connectivity index (χ1n) is 9.84. The molecule has 0 bridgehead atoms. The molecule has 28 heavy (non-hydrogen) atoms. The van der Waals surface area contributed by atoms with Gasteiger partial charge in [0, 0.05) is 12.1 Å². The standard InChI is InChI=1S/C22H26N4O2/c1-28-18-8-5-16(6-9-18)21(26-11-3-2-4-12-26)14-23-22(27)17-7-10-19-20(13-17)25-15-24-19/h5-10,13,15,21H,2-4,11-12,14H2,1H3,(H,23,27)(H,24,25)/t21-/m0/s1. The minimum atomic E-state index is -0.0629. The fourth-order valence-corrected chi connectivity index (χ4v) is 3.88. The van der Waals surface area contributed by atoms with Crippen LogP contribution in [0.25, 0.3) is 11.0 Å². The van der Waals surface area contributed by atoms with Crippen molar-refractivity contribution < 1.29 is 9.53 Å². The van der Waals surface area contributed by atoms with Crippen LogP contribution in [0.1, 0.15) is 41.2 Å². The average molecular weight is 378 g/mol. The van der Waals surface area contributed by atoms with Gasteiger partial charge in [-0.1, -0.05) is 18.6 Å². The summed E-state index contributed by atoms with van der Waals surface area (Å²) in [6.45, 7) is 2.70. The lowest BCUT2D eigenvalue weighted by Crippen LogP contribution is -2.40. The fraction of sp³-hybridized carbons (Fsp3) is 0.364. The van der Waals surface area contributed by atoms with Gasteiger partial charge in [-0.2, -0.15) is 0 Å². The number of H-pyrrole nitrogens is 1. The van der Waals surface area contributed by atoms with Crippen LogP contribution >= 0.6 is 0 Å². The molecule has 6 heteroatoms. The minimum absolute atomic E-state index is 0.0629. The number of ether oxygens (including phenoxy) is 1. The number of likely N-dealkylation sites (tertiary alicyclic amines) is 1. The van der Waals surface area contributed by atoms with Gasteiger partial charge >= 0.3 is 0 Å². The van der Waals surface area contributed by atoms with Crippen LogP contribution < -0.4 is 10.1 Å². The number of methoxy groups -OCH3 is 1. The second-order valence-electron chi connectivity index (χ2n) is 7.23. The second-order valence-corrected chi connectivity index (χ2v) is 7.23. The molecule has 1 amide bonds. The fourth-order valence-electron chi connectivity index (χ4n) is 3.88. The summed E-state index contributed by atoms with van der Waals surface area (Å²) in [5, 5.41) is 3.13. The molecule has 4 rings (SSSR count). The van der Waals surface area contributed by atoms with Crippen LogP contribution in [0, 0.1) is 0 Å². The Hall–Kier alpha value is -2.86. The number of rotatable bonds is 6. The number of carbonyl (C=O) groups is 1. The van der Waals surface area contributed by atoms with Crippen LogP contribution in [0.15, 0.2) is 48.8 Å². The highest BCUT2D eigenvalue weighted by molar-refractivity contribution is 5.97. The van der Waals surface area contributed by atoms with Crippen LogP contribution in [-0.4, -0.2) is 47.5 Å². The molecule has 0 unspecified atom stereocenters. The molecule has 2 N–H and O–H groups in total. The Morgan fingerprint density at radius 2 is 1.96 bits per heavy atom. The number of hydrogen-bond donors (Lipinski definition) is 2. The maximum absolute atomic E-state index is 12.7. The summed E-state index contributed by atoms with van der Waals surface area (Å²) in [5.41, 5.74) is 3.58. The van der Waals surface area contributed by atoms with Crippen LogP contribution in [-0.2, 0) is 0 Å². The molecule has 1 aromatic heterocycles. The number of amides is 1. The molecule has 3 aromatic rings. The predicted octanol–water partition coefficient (Wildman–Crippen LogP) is 3.53. The number of benzene rings is 2. The van der Waals surface area contributed by atoms with Crippen molar-refractivity contribution >= 4 is 16.9 Å². The molecule has 1 saturated heterocycles. The van der Waals surface area contributed by atoms with Gasteiger partial charge in [0.1, 0.15) is 5.75 Å². The van der Waals surface area contributed by atoms with Gasteiger partial charge in [-0.3, -0.25) is 9.69 Å². The molecule has 1 aliphatic rings. The predicted molar refractivity (Wildman–Crippen MR) is 110 cm³/mol. The Bertz CT molecular complexity index is 929. The Balaban J connectivity index is 1.50. The van der Waals surface area contributed by atoms with Crippen LogP contribution in [0.5, 0.6) is 5.75 Å². The average Bonchev–Trinajstić information content (AvgIpc) is 3.23. The quantitative estimate of drug-likeness (QED) is 0.688. The summed E-state index contributed by atoms with van der Waals surface area (Å²) >= 11 is 0. The smallest absolute Gasteiger partial charge is 0.251 e. The van der Waals surface area contributed by atoms with Crippen LogP contribution in [0.4, 0.5) is 0 Å². The highest BCUT2D eigenvalue weighted by Gasteiger charge is 2.23.